The van der Waals surface area contributed by atoms with Crippen LogP contribution in [0.4, 0.5) is 4.39 Å². The molecule has 82 valence electrons. The van der Waals surface area contributed by atoms with E-state index in [2.05, 4.69) is 15.9 Å². The van der Waals surface area contributed by atoms with Crippen molar-refractivity contribution in [2.45, 2.75) is 26.4 Å². The summed E-state index contributed by atoms with van der Waals surface area (Å²) in [6, 6.07) is 4.38. The standard InChI is InChI=1S/C11H12BrFO2/c1-3-10(14)7(2)15-11-6-8(12)4-5-9(11)13/h4-7H,3H2,1-2H3. The second-order valence-corrected chi connectivity index (χ2v) is 4.07. The Hall–Kier alpha value is -0.900. The fraction of sp³-hybridized carbons (Fsp3) is 0.364. The van der Waals surface area contributed by atoms with E-state index in [4.69, 9.17) is 4.74 Å². The van der Waals surface area contributed by atoms with Crippen LogP contribution in [-0.4, -0.2) is 11.9 Å². The van der Waals surface area contributed by atoms with Crippen molar-refractivity contribution in [1.29, 1.82) is 0 Å². The van der Waals surface area contributed by atoms with Gasteiger partial charge in [0.1, 0.15) is 0 Å². The number of carbonyl (C=O) groups excluding carboxylic acids is 1. The molecule has 1 atom stereocenters. The van der Waals surface area contributed by atoms with E-state index in [-0.39, 0.29) is 11.5 Å². The molecule has 0 aromatic heterocycles. The summed E-state index contributed by atoms with van der Waals surface area (Å²) in [5.41, 5.74) is 0. The van der Waals surface area contributed by atoms with Crippen molar-refractivity contribution in [3.8, 4) is 5.75 Å². The van der Waals surface area contributed by atoms with Gasteiger partial charge in [-0.1, -0.05) is 22.9 Å². The molecule has 0 aliphatic carbocycles. The Morgan fingerprint density at radius 1 is 1.60 bits per heavy atom. The summed E-state index contributed by atoms with van der Waals surface area (Å²) in [7, 11) is 0. The fourth-order valence-corrected chi connectivity index (χ4v) is 1.45. The molecule has 1 rings (SSSR count). The molecular weight excluding hydrogens is 263 g/mol. The zero-order chi connectivity index (χ0) is 11.4. The Morgan fingerprint density at radius 3 is 2.87 bits per heavy atom. The van der Waals surface area contributed by atoms with Gasteiger partial charge in [-0.2, -0.15) is 0 Å². The van der Waals surface area contributed by atoms with Gasteiger partial charge in [-0.15, -0.1) is 0 Å². The van der Waals surface area contributed by atoms with Crippen LogP contribution >= 0.6 is 15.9 Å². The Morgan fingerprint density at radius 2 is 2.27 bits per heavy atom. The smallest absolute Gasteiger partial charge is 0.172 e. The number of ketones is 1. The molecule has 1 aromatic rings. The average molecular weight is 275 g/mol. The summed E-state index contributed by atoms with van der Waals surface area (Å²) in [4.78, 5) is 11.3. The molecule has 0 spiro atoms. The first-order valence-electron chi connectivity index (χ1n) is 4.69. The lowest BCUT2D eigenvalue weighted by molar-refractivity contribution is -0.124. The first kappa shape index (κ1) is 12.2. The number of carbonyl (C=O) groups is 1. The highest BCUT2D eigenvalue weighted by molar-refractivity contribution is 9.10. The molecule has 0 saturated heterocycles. The van der Waals surface area contributed by atoms with E-state index in [0.29, 0.717) is 6.42 Å². The third-order valence-corrected chi connectivity index (χ3v) is 2.49. The van der Waals surface area contributed by atoms with Gasteiger partial charge in [-0.3, -0.25) is 4.79 Å². The van der Waals surface area contributed by atoms with Crippen LogP contribution in [-0.2, 0) is 4.79 Å². The van der Waals surface area contributed by atoms with Crippen LogP contribution in [0.3, 0.4) is 0 Å². The second kappa shape index (κ2) is 5.26. The van der Waals surface area contributed by atoms with Gasteiger partial charge in [0.25, 0.3) is 0 Å². The number of ether oxygens (including phenoxy) is 1. The van der Waals surface area contributed by atoms with Gasteiger partial charge >= 0.3 is 0 Å². The average Bonchev–Trinajstić information content (AvgIpc) is 2.22. The quantitative estimate of drug-likeness (QED) is 0.842. The lowest BCUT2D eigenvalue weighted by Gasteiger charge is -2.13. The topological polar surface area (TPSA) is 26.3 Å². The van der Waals surface area contributed by atoms with Gasteiger partial charge in [0.15, 0.2) is 23.5 Å². The van der Waals surface area contributed by atoms with E-state index in [9.17, 15) is 9.18 Å². The largest absolute Gasteiger partial charge is 0.480 e. The highest BCUT2D eigenvalue weighted by Gasteiger charge is 2.14. The van der Waals surface area contributed by atoms with Crippen molar-refractivity contribution in [2.75, 3.05) is 0 Å². The molecular formula is C11H12BrFO2. The fourth-order valence-electron chi connectivity index (χ4n) is 1.11. The third kappa shape index (κ3) is 3.30. The number of rotatable bonds is 4. The third-order valence-electron chi connectivity index (χ3n) is 2.00. The van der Waals surface area contributed by atoms with Gasteiger partial charge in [-0.25, -0.2) is 4.39 Å². The zero-order valence-corrected chi connectivity index (χ0v) is 10.2. The lowest BCUT2D eigenvalue weighted by atomic mass is 10.2. The summed E-state index contributed by atoms with van der Waals surface area (Å²) in [6.07, 6.45) is -0.227. The maximum absolute atomic E-state index is 13.2. The predicted octanol–water partition coefficient (Wildman–Crippen LogP) is 3.33. The number of benzene rings is 1. The molecule has 0 heterocycles. The van der Waals surface area contributed by atoms with Crippen LogP contribution in [0.5, 0.6) is 5.75 Å². The van der Waals surface area contributed by atoms with Gasteiger partial charge in [0.2, 0.25) is 0 Å². The minimum absolute atomic E-state index is 0.0469. The van der Waals surface area contributed by atoms with Crippen LogP contribution in [0.2, 0.25) is 0 Å². The Balaban J connectivity index is 2.80. The van der Waals surface area contributed by atoms with E-state index in [1.165, 1.54) is 12.1 Å². The lowest BCUT2D eigenvalue weighted by Crippen LogP contribution is -2.23. The molecule has 0 aliphatic heterocycles. The summed E-state index contributed by atoms with van der Waals surface area (Å²) in [5.74, 6) is -0.415. The van der Waals surface area contributed by atoms with Crippen molar-refractivity contribution in [2.24, 2.45) is 0 Å². The molecule has 4 heteroatoms. The number of halogens is 2. The van der Waals surface area contributed by atoms with Crippen LogP contribution in [0.25, 0.3) is 0 Å². The van der Waals surface area contributed by atoms with Crippen molar-refractivity contribution in [3.63, 3.8) is 0 Å². The zero-order valence-electron chi connectivity index (χ0n) is 8.59. The molecule has 1 unspecified atom stereocenters. The first-order chi connectivity index (χ1) is 7.04. The van der Waals surface area contributed by atoms with Crippen molar-refractivity contribution >= 4 is 21.7 Å². The maximum atomic E-state index is 13.2. The Bertz CT molecular complexity index is 366. The normalized spacial score (nSPS) is 12.3. The van der Waals surface area contributed by atoms with Crippen molar-refractivity contribution in [1.82, 2.24) is 0 Å². The minimum atomic E-state index is -0.612. The summed E-state index contributed by atoms with van der Waals surface area (Å²) in [5, 5.41) is 0. The molecule has 0 fully saturated rings. The van der Waals surface area contributed by atoms with Crippen molar-refractivity contribution < 1.29 is 13.9 Å². The van der Waals surface area contributed by atoms with E-state index in [1.807, 2.05) is 0 Å². The number of hydrogen-bond acceptors (Lipinski definition) is 2. The summed E-state index contributed by atoms with van der Waals surface area (Å²) < 4.78 is 19.2. The molecule has 0 N–H and O–H groups in total. The van der Waals surface area contributed by atoms with Gasteiger partial charge < -0.3 is 4.74 Å². The molecule has 0 radical (unpaired) electrons. The highest BCUT2D eigenvalue weighted by atomic mass is 79.9. The first-order valence-corrected chi connectivity index (χ1v) is 5.48. The second-order valence-electron chi connectivity index (χ2n) is 3.15. The van der Waals surface area contributed by atoms with Crippen LogP contribution in [0.15, 0.2) is 22.7 Å². The van der Waals surface area contributed by atoms with Gasteiger partial charge in [-0.05, 0) is 25.1 Å². The minimum Gasteiger partial charge on any atom is -0.480 e. The molecule has 1 aromatic carbocycles. The van der Waals surface area contributed by atoms with E-state index >= 15 is 0 Å². The van der Waals surface area contributed by atoms with Crippen molar-refractivity contribution in [3.05, 3.63) is 28.5 Å². The number of Topliss-reactive ketones (excluding diaryl/α,β-unsaturated/α-hetero) is 1. The van der Waals surface area contributed by atoms with E-state index < -0.39 is 11.9 Å². The maximum Gasteiger partial charge on any atom is 0.172 e. The monoisotopic (exact) mass is 274 g/mol. The Labute approximate surface area is 96.6 Å². The molecule has 0 bridgehead atoms. The molecule has 0 amide bonds. The van der Waals surface area contributed by atoms with Gasteiger partial charge in [0, 0.05) is 10.9 Å². The SMILES string of the molecule is CCC(=O)C(C)Oc1cc(Br)ccc1F. The number of hydrogen-bond donors (Lipinski definition) is 0. The van der Waals surface area contributed by atoms with Crippen LogP contribution in [0.1, 0.15) is 20.3 Å². The molecule has 2 nitrogen and oxygen atoms in total. The molecule has 0 saturated carbocycles. The summed E-state index contributed by atoms with van der Waals surface area (Å²) in [6.45, 7) is 3.37. The van der Waals surface area contributed by atoms with E-state index in [0.717, 1.165) is 4.47 Å². The predicted molar refractivity (Wildman–Crippen MR) is 59.5 cm³/mol. The summed E-state index contributed by atoms with van der Waals surface area (Å²) >= 11 is 3.21. The van der Waals surface area contributed by atoms with Crippen LogP contribution in [0, 0.1) is 5.82 Å². The van der Waals surface area contributed by atoms with E-state index in [1.54, 1.807) is 19.9 Å². The van der Waals surface area contributed by atoms with Crippen LogP contribution < -0.4 is 4.74 Å². The highest BCUT2D eigenvalue weighted by Crippen LogP contribution is 2.23. The molecule has 15 heavy (non-hydrogen) atoms. The molecule has 0 aliphatic rings. The van der Waals surface area contributed by atoms with Gasteiger partial charge in [0.05, 0.1) is 0 Å². The Kier molecular flexibility index (Phi) is 4.27.